The summed E-state index contributed by atoms with van der Waals surface area (Å²) in [5, 5.41) is 6.29. The average Bonchev–Trinajstić information content (AvgIpc) is 2.65. The van der Waals surface area contributed by atoms with Crippen LogP contribution in [-0.4, -0.2) is 26.7 Å². The second kappa shape index (κ2) is 6.52. The first-order chi connectivity index (χ1) is 12.2. The van der Waals surface area contributed by atoms with E-state index in [1.54, 1.807) is 6.20 Å². The Morgan fingerprint density at radius 2 is 2.04 bits per heavy atom. The number of aromatic amines is 1. The molecular weight excluding hydrogens is 342 g/mol. The van der Waals surface area contributed by atoms with E-state index in [1.165, 1.54) is 6.33 Å². The number of nitrogens with one attached hydrogen (secondary N) is 1. The van der Waals surface area contributed by atoms with Gasteiger partial charge in [0.15, 0.2) is 0 Å². The molecule has 0 bridgehead atoms. The second-order valence-electron chi connectivity index (χ2n) is 5.59. The first-order valence-electron chi connectivity index (χ1n) is 7.76. The average molecular weight is 356 g/mol. The fourth-order valence-electron chi connectivity index (χ4n) is 2.81. The van der Waals surface area contributed by atoms with Crippen molar-refractivity contribution in [3.8, 4) is 11.6 Å². The molecule has 1 N–H and O–H groups in total. The van der Waals surface area contributed by atoms with Crippen LogP contribution in [0.25, 0.3) is 0 Å². The maximum atomic E-state index is 11.7. The van der Waals surface area contributed by atoms with Crippen molar-refractivity contribution in [1.29, 1.82) is 0 Å². The number of nitrogens with zero attached hydrogens (tertiary/aromatic N) is 4. The Balaban J connectivity index is 1.63. The van der Waals surface area contributed by atoms with Crippen molar-refractivity contribution in [2.24, 2.45) is 0 Å². The number of ether oxygens (including phenoxy) is 1. The van der Waals surface area contributed by atoms with Crippen LogP contribution < -0.4 is 15.2 Å². The molecule has 25 heavy (non-hydrogen) atoms. The molecule has 8 heteroatoms. The molecule has 1 aliphatic rings. The molecule has 3 aromatic rings. The normalized spacial score (nSPS) is 13.4. The number of halogens is 1. The van der Waals surface area contributed by atoms with Crippen molar-refractivity contribution in [2.45, 2.75) is 13.0 Å². The number of benzene rings is 1. The molecule has 0 saturated carbocycles. The van der Waals surface area contributed by atoms with Crippen molar-refractivity contribution < 1.29 is 4.74 Å². The van der Waals surface area contributed by atoms with Gasteiger partial charge in [0.2, 0.25) is 5.88 Å². The van der Waals surface area contributed by atoms with Crippen LogP contribution in [0.15, 0.2) is 47.7 Å². The van der Waals surface area contributed by atoms with Gasteiger partial charge in [-0.15, -0.1) is 0 Å². The molecule has 0 spiro atoms. The molecule has 126 valence electrons. The molecule has 7 nitrogen and oxygen atoms in total. The first kappa shape index (κ1) is 15.6. The van der Waals surface area contributed by atoms with E-state index >= 15 is 0 Å². The molecule has 4 rings (SSSR count). The van der Waals surface area contributed by atoms with Crippen molar-refractivity contribution >= 4 is 17.3 Å². The highest BCUT2D eigenvalue weighted by Gasteiger charge is 2.24. The Morgan fingerprint density at radius 3 is 2.88 bits per heavy atom. The summed E-state index contributed by atoms with van der Waals surface area (Å²) >= 11 is 6.11. The Hall–Kier alpha value is -2.93. The summed E-state index contributed by atoms with van der Waals surface area (Å²) in [6.07, 6.45) is 3.72. The molecule has 0 saturated heterocycles. The number of rotatable bonds is 3. The Morgan fingerprint density at radius 1 is 1.20 bits per heavy atom. The molecule has 1 aromatic carbocycles. The zero-order chi connectivity index (χ0) is 17.2. The highest BCUT2D eigenvalue weighted by atomic mass is 35.5. The van der Waals surface area contributed by atoms with Crippen molar-refractivity contribution in [3.05, 3.63) is 69.5 Å². The van der Waals surface area contributed by atoms with Gasteiger partial charge in [-0.25, -0.2) is 15.1 Å². The third-order valence-electron chi connectivity index (χ3n) is 4.04. The molecule has 3 heterocycles. The molecule has 2 aromatic heterocycles. The van der Waals surface area contributed by atoms with Crippen LogP contribution in [0.5, 0.6) is 11.6 Å². The minimum atomic E-state index is -0.402. The second-order valence-corrected chi connectivity index (χ2v) is 5.97. The number of fused-ring (bicyclic) bond motifs is 1. The predicted octanol–water partition coefficient (Wildman–Crippen LogP) is 2.57. The van der Waals surface area contributed by atoms with E-state index in [2.05, 4.69) is 20.2 Å². The molecular formula is C17H14ClN5O2. The van der Waals surface area contributed by atoms with Crippen LogP contribution in [-0.2, 0) is 13.0 Å². The lowest BCUT2D eigenvalue weighted by Gasteiger charge is -2.30. The van der Waals surface area contributed by atoms with Crippen LogP contribution in [0.4, 0.5) is 5.69 Å². The van der Waals surface area contributed by atoms with Crippen molar-refractivity contribution in [3.63, 3.8) is 0 Å². The van der Waals surface area contributed by atoms with E-state index in [9.17, 15) is 4.79 Å². The van der Waals surface area contributed by atoms with E-state index < -0.39 is 5.56 Å². The van der Waals surface area contributed by atoms with Crippen molar-refractivity contribution in [2.75, 3.05) is 11.4 Å². The number of anilines is 1. The van der Waals surface area contributed by atoms with E-state index in [4.69, 9.17) is 16.3 Å². The van der Waals surface area contributed by atoms with Crippen LogP contribution >= 0.6 is 11.6 Å². The van der Waals surface area contributed by atoms with Crippen LogP contribution in [0.3, 0.4) is 0 Å². The topological polar surface area (TPSA) is 84.0 Å². The summed E-state index contributed by atoms with van der Waals surface area (Å²) in [4.78, 5) is 22.3. The maximum Gasteiger partial charge on any atom is 0.285 e. The largest absolute Gasteiger partial charge is 0.439 e. The lowest BCUT2D eigenvalue weighted by atomic mass is 10.1. The van der Waals surface area contributed by atoms with Gasteiger partial charge >= 0.3 is 0 Å². The van der Waals surface area contributed by atoms with Gasteiger partial charge in [0, 0.05) is 12.1 Å². The molecule has 0 amide bonds. The minimum Gasteiger partial charge on any atom is -0.439 e. The van der Waals surface area contributed by atoms with Gasteiger partial charge in [0.1, 0.15) is 17.1 Å². The lowest BCUT2D eigenvalue weighted by molar-refractivity contribution is 0.449. The Bertz CT molecular complexity index is 961. The van der Waals surface area contributed by atoms with Crippen LogP contribution in [0.1, 0.15) is 11.3 Å². The van der Waals surface area contributed by atoms with Gasteiger partial charge in [0.25, 0.3) is 5.56 Å². The van der Waals surface area contributed by atoms with E-state index in [-0.39, 0.29) is 5.02 Å². The van der Waals surface area contributed by atoms with Gasteiger partial charge < -0.3 is 9.64 Å². The summed E-state index contributed by atoms with van der Waals surface area (Å²) < 4.78 is 5.90. The number of aromatic nitrogens is 4. The zero-order valence-corrected chi connectivity index (χ0v) is 13.9. The van der Waals surface area contributed by atoms with Gasteiger partial charge in [-0.3, -0.25) is 4.79 Å². The standard InChI is InChI=1S/C17H14ClN5O2/c18-15-14(8-21-22-16(15)24)23-7-6-12-13(9-23)19-10-20-17(12)25-11-4-2-1-3-5-11/h1-5,8,10H,6-7,9H2,(H,22,24). The first-order valence-corrected chi connectivity index (χ1v) is 8.14. The Kier molecular flexibility index (Phi) is 4.07. The molecule has 0 radical (unpaired) electrons. The third-order valence-corrected chi connectivity index (χ3v) is 4.41. The van der Waals surface area contributed by atoms with E-state index in [1.807, 2.05) is 35.2 Å². The Labute approximate surface area is 148 Å². The van der Waals surface area contributed by atoms with Crippen LogP contribution in [0, 0.1) is 0 Å². The van der Waals surface area contributed by atoms with Crippen LogP contribution in [0.2, 0.25) is 5.02 Å². The number of H-pyrrole nitrogens is 1. The zero-order valence-electron chi connectivity index (χ0n) is 13.1. The molecule has 0 unspecified atom stereocenters. The highest BCUT2D eigenvalue weighted by molar-refractivity contribution is 6.32. The molecule has 1 aliphatic heterocycles. The molecule has 0 fully saturated rings. The van der Waals surface area contributed by atoms with Gasteiger partial charge in [-0.05, 0) is 18.6 Å². The van der Waals surface area contributed by atoms with Crippen molar-refractivity contribution in [1.82, 2.24) is 20.2 Å². The fraction of sp³-hybridized carbons (Fsp3) is 0.176. The lowest BCUT2D eigenvalue weighted by Crippen LogP contribution is -2.33. The smallest absolute Gasteiger partial charge is 0.285 e. The predicted molar refractivity (Wildman–Crippen MR) is 93.2 cm³/mol. The van der Waals surface area contributed by atoms with Gasteiger partial charge in [-0.2, -0.15) is 5.10 Å². The molecule has 0 aliphatic carbocycles. The monoisotopic (exact) mass is 355 g/mol. The summed E-state index contributed by atoms with van der Waals surface area (Å²) in [5.74, 6) is 1.29. The summed E-state index contributed by atoms with van der Waals surface area (Å²) in [5.41, 5.74) is 2.01. The fourth-order valence-corrected chi connectivity index (χ4v) is 3.02. The van der Waals surface area contributed by atoms with E-state index in [0.717, 1.165) is 17.0 Å². The maximum absolute atomic E-state index is 11.7. The summed E-state index contributed by atoms with van der Waals surface area (Å²) in [7, 11) is 0. The summed E-state index contributed by atoms with van der Waals surface area (Å²) in [6.45, 7) is 1.17. The highest BCUT2D eigenvalue weighted by Crippen LogP contribution is 2.31. The number of hydrogen-bond acceptors (Lipinski definition) is 6. The van der Waals surface area contributed by atoms with Gasteiger partial charge in [-0.1, -0.05) is 29.8 Å². The number of para-hydroxylation sites is 1. The SMILES string of the molecule is O=c1[nH]ncc(N2CCc3c(ncnc3Oc3ccccc3)C2)c1Cl. The quantitative estimate of drug-likeness (QED) is 0.777. The summed E-state index contributed by atoms with van der Waals surface area (Å²) in [6, 6.07) is 9.51. The van der Waals surface area contributed by atoms with E-state index in [0.29, 0.717) is 31.1 Å². The minimum absolute atomic E-state index is 0.133. The third kappa shape index (κ3) is 3.06. The number of hydrogen-bond donors (Lipinski definition) is 1. The molecule has 0 atom stereocenters. The van der Waals surface area contributed by atoms with Gasteiger partial charge in [0.05, 0.1) is 24.1 Å².